The van der Waals surface area contributed by atoms with Crippen molar-refractivity contribution in [3.8, 4) is 0 Å². The van der Waals surface area contributed by atoms with E-state index in [1.54, 1.807) is 30.7 Å². The second-order valence-electron chi connectivity index (χ2n) is 4.59. The van der Waals surface area contributed by atoms with Crippen LogP contribution in [0.3, 0.4) is 0 Å². The van der Waals surface area contributed by atoms with E-state index in [1.807, 2.05) is 6.92 Å². The molecule has 1 rings (SSSR count). The van der Waals surface area contributed by atoms with E-state index in [4.69, 9.17) is 5.73 Å². The molecule has 1 amide bonds. The van der Waals surface area contributed by atoms with Gasteiger partial charge in [0.05, 0.1) is 11.6 Å². The summed E-state index contributed by atoms with van der Waals surface area (Å²) < 4.78 is 1.59. The molecule has 2 unspecified atom stereocenters. The van der Waals surface area contributed by atoms with Gasteiger partial charge in [-0.1, -0.05) is 13.8 Å². The molecule has 100 valence electrons. The van der Waals surface area contributed by atoms with Gasteiger partial charge in [-0.3, -0.25) is 9.59 Å². The molecule has 0 aliphatic carbocycles. The van der Waals surface area contributed by atoms with E-state index >= 15 is 0 Å². The van der Waals surface area contributed by atoms with Crippen LogP contribution in [0.1, 0.15) is 27.2 Å². The van der Waals surface area contributed by atoms with Gasteiger partial charge < -0.3 is 15.6 Å². The van der Waals surface area contributed by atoms with Crippen LogP contribution in [0, 0.1) is 5.92 Å². The summed E-state index contributed by atoms with van der Waals surface area (Å²) in [5.41, 5.74) is 6.24. The second-order valence-corrected chi connectivity index (χ2v) is 4.59. The van der Waals surface area contributed by atoms with Gasteiger partial charge in [0.2, 0.25) is 5.91 Å². The number of nitrogens with zero attached hydrogens (tertiary/aromatic N) is 1. The van der Waals surface area contributed by atoms with Crippen molar-refractivity contribution >= 4 is 11.6 Å². The van der Waals surface area contributed by atoms with Crippen LogP contribution in [0.4, 0.5) is 5.69 Å². The third-order valence-corrected chi connectivity index (χ3v) is 2.92. The Bertz CT molecular complexity index is 466. The molecular weight excluding hydrogens is 230 g/mol. The molecule has 0 saturated heterocycles. The van der Waals surface area contributed by atoms with Gasteiger partial charge in [-0.05, 0) is 19.4 Å². The minimum atomic E-state index is -0.267. The maximum Gasteiger partial charge on any atom is 0.250 e. The molecule has 1 aromatic rings. The van der Waals surface area contributed by atoms with Crippen LogP contribution in [-0.4, -0.2) is 16.5 Å². The number of carbonyl (C=O) groups is 1. The average molecular weight is 251 g/mol. The zero-order valence-corrected chi connectivity index (χ0v) is 11.1. The molecule has 5 heteroatoms. The Kier molecular flexibility index (Phi) is 5.09. The summed E-state index contributed by atoms with van der Waals surface area (Å²) in [7, 11) is 0. The van der Waals surface area contributed by atoms with Crippen molar-refractivity contribution < 1.29 is 4.79 Å². The van der Waals surface area contributed by atoms with Gasteiger partial charge in [0.1, 0.15) is 0 Å². The Hall–Kier alpha value is -1.62. The SMILES string of the molecule is CCCn1cc(NC(=O)C(C)C(C)N)ccc1=O. The molecule has 5 nitrogen and oxygen atoms in total. The average Bonchev–Trinajstić information content (AvgIpc) is 2.32. The molecule has 0 fully saturated rings. The molecular formula is C13H21N3O2. The van der Waals surface area contributed by atoms with Crippen molar-refractivity contribution in [3.05, 3.63) is 28.7 Å². The number of anilines is 1. The van der Waals surface area contributed by atoms with E-state index in [-0.39, 0.29) is 23.4 Å². The van der Waals surface area contributed by atoms with Crippen LogP contribution >= 0.6 is 0 Å². The highest BCUT2D eigenvalue weighted by Gasteiger charge is 2.17. The summed E-state index contributed by atoms with van der Waals surface area (Å²) >= 11 is 0. The van der Waals surface area contributed by atoms with Crippen molar-refractivity contribution in [2.24, 2.45) is 11.7 Å². The number of rotatable bonds is 5. The first-order chi connectivity index (χ1) is 8.45. The maximum absolute atomic E-state index is 11.8. The van der Waals surface area contributed by atoms with Gasteiger partial charge in [-0.25, -0.2) is 0 Å². The van der Waals surface area contributed by atoms with E-state index in [0.717, 1.165) is 6.42 Å². The highest BCUT2D eigenvalue weighted by Crippen LogP contribution is 2.08. The normalized spacial score (nSPS) is 14.0. The number of pyridine rings is 1. The Balaban J connectivity index is 2.82. The molecule has 0 radical (unpaired) electrons. The first-order valence-electron chi connectivity index (χ1n) is 6.22. The highest BCUT2D eigenvalue weighted by atomic mass is 16.2. The van der Waals surface area contributed by atoms with Gasteiger partial charge in [0, 0.05) is 24.8 Å². The predicted octanol–water partition coefficient (Wildman–Crippen LogP) is 1.18. The van der Waals surface area contributed by atoms with Crippen LogP contribution in [0.5, 0.6) is 0 Å². The van der Waals surface area contributed by atoms with E-state index in [2.05, 4.69) is 5.32 Å². The molecule has 2 atom stereocenters. The van der Waals surface area contributed by atoms with Gasteiger partial charge in [-0.15, -0.1) is 0 Å². The molecule has 18 heavy (non-hydrogen) atoms. The molecule has 3 N–H and O–H groups in total. The minimum absolute atomic E-state index is 0.0601. The summed E-state index contributed by atoms with van der Waals surface area (Å²) in [5, 5.41) is 2.77. The van der Waals surface area contributed by atoms with Gasteiger partial charge >= 0.3 is 0 Å². The Morgan fingerprint density at radius 1 is 1.44 bits per heavy atom. The molecule has 0 saturated carbocycles. The first kappa shape index (κ1) is 14.4. The zero-order chi connectivity index (χ0) is 13.7. The number of amides is 1. The van der Waals surface area contributed by atoms with Gasteiger partial charge in [-0.2, -0.15) is 0 Å². The molecule has 1 heterocycles. The fourth-order valence-corrected chi connectivity index (χ4v) is 1.52. The minimum Gasteiger partial charge on any atom is -0.327 e. The van der Waals surface area contributed by atoms with Crippen LogP contribution in [0.15, 0.2) is 23.1 Å². The number of aromatic nitrogens is 1. The number of nitrogens with two attached hydrogens (primary N) is 1. The van der Waals surface area contributed by atoms with Crippen molar-refractivity contribution in [2.75, 3.05) is 5.32 Å². The monoisotopic (exact) mass is 251 g/mol. The van der Waals surface area contributed by atoms with Crippen LogP contribution in [-0.2, 0) is 11.3 Å². The summed E-state index contributed by atoms with van der Waals surface area (Å²) in [6.45, 7) is 6.21. The number of hydrogen-bond acceptors (Lipinski definition) is 3. The summed E-state index contributed by atoms with van der Waals surface area (Å²) in [5.74, 6) is -0.400. The molecule has 0 aliphatic rings. The van der Waals surface area contributed by atoms with Crippen molar-refractivity contribution in [2.45, 2.75) is 39.8 Å². The van der Waals surface area contributed by atoms with Crippen molar-refractivity contribution in [3.63, 3.8) is 0 Å². The standard InChI is InChI=1S/C13H21N3O2/c1-4-7-16-8-11(5-6-12(16)17)15-13(18)9(2)10(3)14/h5-6,8-10H,4,7,14H2,1-3H3,(H,15,18). The third-order valence-electron chi connectivity index (χ3n) is 2.92. The lowest BCUT2D eigenvalue weighted by atomic mass is 10.0. The first-order valence-corrected chi connectivity index (χ1v) is 6.22. The van der Waals surface area contributed by atoms with Crippen molar-refractivity contribution in [1.29, 1.82) is 0 Å². The van der Waals surface area contributed by atoms with E-state index in [1.165, 1.54) is 6.07 Å². The molecule has 1 aromatic heterocycles. The maximum atomic E-state index is 11.8. The molecule has 0 spiro atoms. The zero-order valence-electron chi connectivity index (χ0n) is 11.1. The fraction of sp³-hybridized carbons (Fsp3) is 0.538. The number of hydrogen-bond donors (Lipinski definition) is 2. The Morgan fingerprint density at radius 3 is 2.67 bits per heavy atom. The summed E-state index contributed by atoms with van der Waals surface area (Å²) in [6, 6.07) is 2.87. The fourth-order valence-electron chi connectivity index (χ4n) is 1.52. The smallest absolute Gasteiger partial charge is 0.250 e. The number of carbonyl (C=O) groups excluding carboxylic acids is 1. The summed E-state index contributed by atoms with van der Waals surface area (Å²) in [4.78, 5) is 23.3. The van der Waals surface area contributed by atoms with Gasteiger partial charge in [0.25, 0.3) is 5.56 Å². The Morgan fingerprint density at radius 2 is 2.11 bits per heavy atom. The number of nitrogens with one attached hydrogen (secondary N) is 1. The largest absolute Gasteiger partial charge is 0.327 e. The van der Waals surface area contributed by atoms with Gasteiger partial charge in [0.15, 0.2) is 0 Å². The predicted molar refractivity (Wildman–Crippen MR) is 72.4 cm³/mol. The highest BCUT2D eigenvalue weighted by molar-refractivity contribution is 5.92. The molecule has 0 aromatic carbocycles. The summed E-state index contributed by atoms with van der Waals surface area (Å²) in [6.07, 6.45) is 2.53. The lowest BCUT2D eigenvalue weighted by Gasteiger charge is -2.15. The van der Waals surface area contributed by atoms with Crippen molar-refractivity contribution in [1.82, 2.24) is 4.57 Å². The lowest BCUT2D eigenvalue weighted by molar-refractivity contribution is -0.119. The lowest BCUT2D eigenvalue weighted by Crippen LogP contribution is -2.34. The van der Waals surface area contributed by atoms with E-state index in [9.17, 15) is 9.59 Å². The van der Waals surface area contributed by atoms with Crippen LogP contribution in [0.25, 0.3) is 0 Å². The van der Waals surface area contributed by atoms with E-state index in [0.29, 0.717) is 12.2 Å². The van der Waals surface area contributed by atoms with Crippen LogP contribution < -0.4 is 16.6 Å². The quantitative estimate of drug-likeness (QED) is 0.825. The third kappa shape index (κ3) is 3.70. The topological polar surface area (TPSA) is 77.1 Å². The second kappa shape index (κ2) is 6.35. The molecule has 0 aliphatic heterocycles. The Labute approximate surface area is 107 Å². The number of aryl methyl sites for hydroxylation is 1. The van der Waals surface area contributed by atoms with Crippen LogP contribution in [0.2, 0.25) is 0 Å². The van der Waals surface area contributed by atoms with E-state index < -0.39 is 0 Å². The molecule has 0 bridgehead atoms.